The molecule has 4 nitrogen and oxygen atoms in total. The van der Waals surface area contributed by atoms with Crippen molar-refractivity contribution in [3.63, 3.8) is 0 Å². The van der Waals surface area contributed by atoms with E-state index in [1.54, 1.807) is 29.3 Å². The van der Waals surface area contributed by atoms with E-state index in [0.717, 1.165) is 17.0 Å². The minimum atomic E-state index is -0.615. The van der Waals surface area contributed by atoms with Gasteiger partial charge in [-0.2, -0.15) is 0 Å². The molecule has 0 amide bonds. The van der Waals surface area contributed by atoms with Crippen molar-refractivity contribution in [1.29, 1.82) is 0 Å². The molecule has 2 aromatic rings. The van der Waals surface area contributed by atoms with Crippen molar-refractivity contribution < 1.29 is 5.11 Å². The normalized spacial score (nSPS) is 13.0. The molecule has 1 unspecified atom stereocenters. The quantitative estimate of drug-likeness (QED) is 0.858. The third-order valence-corrected chi connectivity index (χ3v) is 3.61. The first-order valence-corrected chi connectivity index (χ1v) is 5.65. The summed E-state index contributed by atoms with van der Waals surface area (Å²) < 4.78 is 1.59. The lowest BCUT2D eigenvalue weighted by Crippen LogP contribution is -2.04. The summed E-state index contributed by atoms with van der Waals surface area (Å²) >= 11 is 1.63. The molecule has 1 atom stereocenters. The van der Waals surface area contributed by atoms with Gasteiger partial charge in [0.2, 0.25) is 0 Å². The van der Waals surface area contributed by atoms with Crippen LogP contribution in [0.5, 0.6) is 0 Å². The van der Waals surface area contributed by atoms with Crippen molar-refractivity contribution in [2.45, 2.75) is 19.4 Å². The Hall–Kier alpha value is -1.20. The summed E-state index contributed by atoms with van der Waals surface area (Å²) in [6.45, 7) is 2.10. The number of aromatic nitrogens is 3. The summed E-state index contributed by atoms with van der Waals surface area (Å²) in [6, 6.07) is 4.01. The second-order valence-corrected chi connectivity index (χ2v) is 4.54. The fourth-order valence-corrected chi connectivity index (χ4v) is 2.37. The zero-order valence-electron chi connectivity index (χ0n) is 8.71. The van der Waals surface area contributed by atoms with Crippen molar-refractivity contribution in [3.8, 4) is 0 Å². The van der Waals surface area contributed by atoms with Crippen molar-refractivity contribution >= 4 is 11.3 Å². The highest BCUT2D eigenvalue weighted by atomic mass is 32.1. The maximum Gasteiger partial charge on any atom is 0.131 e. The van der Waals surface area contributed by atoms with Gasteiger partial charge in [0.05, 0.1) is 11.9 Å². The summed E-state index contributed by atoms with van der Waals surface area (Å²) in [4.78, 5) is 2.22. The minimum Gasteiger partial charge on any atom is -0.381 e. The van der Waals surface area contributed by atoms with Crippen LogP contribution in [0.2, 0.25) is 0 Å². The summed E-state index contributed by atoms with van der Waals surface area (Å²) in [5.74, 6) is 0. The summed E-state index contributed by atoms with van der Waals surface area (Å²) in [6.07, 6.45) is 1.98. The fraction of sp³-hybridized carbons (Fsp3) is 0.400. The van der Waals surface area contributed by atoms with Gasteiger partial charge < -0.3 is 5.11 Å². The van der Waals surface area contributed by atoms with Crippen molar-refractivity contribution in [2.75, 3.05) is 0 Å². The first kappa shape index (κ1) is 10.3. The topological polar surface area (TPSA) is 50.9 Å². The van der Waals surface area contributed by atoms with Gasteiger partial charge in [-0.1, -0.05) is 12.1 Å². The smallest absolute Gasteiger partial charge is 0.131 e. The SMILES string of the molecule is CCc1ccc(C(O)c2cnnn2C)s1. The molecular formula is C10H13N3OS. The van der Waals surface area contributed by atoms with E-state index < -0.39 is 6.10 Å². The van der Waals surface area contributed by atoms with Gasteiger partial charge in [0.25, 0.3) is 0 Å². The van der Waals surface area contributed by atoms with Crippen LogP contribution in [0, 0.1) is 0 Å². The molecule has 2 aromatic heterocycles. The van der Waals surface area contributed by atoms with Gasteiger partial charge in [-0.3, -0.25) is 0 Å². The van der Waals surface area contributed by atoms with Crippen LogP contribution in [0.4, 0.5) is 0 Å². The average Bonchev–Trinajstić information content (AvgIpc) is 2.84. The molecule has 0 spiro atoms. The van der Waals surface area contributed by atoms with E-state index in [0.29, 0.717) is 0 Å². The lowest BCUT2D eigenvalue weighted by Gasteiger charge is -2.07. The first-order valence-electron chi connectivity index (χ1n) is 4.83. The van der Waals surface area contributed by atoms with E-state index in [4.69, 9.17) is 0 Å². The molecule has 0 aliphatic rings. The van der Waals surface area contributed by atoms with E-state index in [1.165, 1.54) is 4.88 Å². The molecule has 1 N–H and O–H groups in total. The van der Waals surface area contributed by atoms with Crippen LogP contribution in [0.1, 0.15) is 28.5 Å². The van der Waals surface area contributed by atoms with E-state index in [2.05, 4.69) is 17.2 Å². The molecule has 0 saturated heterocycles. The average molecular weight is 223 g/mol. The third kappa shape index (κ3) is 1.93. The van der Waals surface area contributed by atoms with Gasteiger partial charge in [-0.25, -0.2) is 4.68 Å². The van der Waals surface area contributed by atoms with Crippen LogP contribution in [-0.4, -0.2) is 20.1 Å². The zero-order chi connectivity index (χ0) is 10.8. The van der Waals surface area contributed by atoms with Gasteiger partial charge >= 0.3 is 0 Å². The van der Waals surface area contributed by atoms with E-state index in [9.17, 15) is 5.11 Å². The Kier molecular flexibility index (Phi) is 2.83. The Bertz CT molecular complexity index is 449. The number of aliphatic hydroxyl groups excluding tert-OH is 1. The molecule has 2 heterocycles. The maximum absolute atomic E-state index is 10.1. The molecule has 0 bridgehead atoms. The lowest BCUT2D eigenvalue weighted by molar-refractivity contribution is 0.213. The number of aliphatic hydroxyl groups is 1. The molecule has 0 fully saturated rings. The van der Waals surface area contributed by atoms with Crippen molar-refractivity contribution in [1.82, 2.24) is 15.0 Å². The molecule has 0 aliphatic carbocycles. The molecule has 15 heavy (non-hydrogen) atoms. The maximum atomic E-state index is 10.1. The van der Waals surface area contributed by atoms with Gasteiger partial charge in [-0.05, 0) is 18.6 Å². The molecular weight excluding hydrogens is 210 g/mol. The van der Waals surface area contributed by atoms with E-state index in [-0.39, 0.29) is 0 Å². The van der Waals surface area contributed by atoms with Gasteiger partial charge in [0.15, 0.2) is 0 Å². The predicted octanol–water partition coefficient (Wildman–Crippen LogP) is 1.52. The van der Waals surface area contributed by atoms with Crippen LogP contribution in [0.3, 0.4) is 0 Å². The summed E-state index contributed by atoms with van der Waals surface area (Å²) in [5, 5.41) is 17.6. The number of thiophene rings is 1. The van der Waals surface area contributed by atoms with Crippen LogP contribution in [-0.2, 0) is 13.5 Å². The van der Waals surface area contributed by atoms with Crippen molar-refractivity contribution in [3.05, 3.63) is 33.8 Å². The highest BCUT2D eigenvalue weighted by molar-refractivity contribution is 7.12. The second-order valence-electron chi connectivity index (χ2n) is 3.34. The number of hydrogen-bond acceptors (Lipinski definition) is 4. The lowest BCUT2D eigenvalue weighted by atomic mass is 10.2. The molecule has 5 heteroatoms. The standard InChI is InChI=1S/C10H13N3OS/c1-3-7-4-5-9(15-7)10(14)8-6-11-12-13(8)2/h4-6,10,14H,3H2,1-2H3. The monoisotopic (exact) mass is 223 g/mol. The third-order valence-electron chi connectivity index (χ3n) is 2.33. The Morgan fingerprint density at radius 2 is 2.33 bits per heavy atom. The molecule has 0 saturated carbocycles. The first-order chi connectivity index (χ1) is 7.22. The van der Waals surface area contributed by atoms with Gasteiger partial charge in [-0.15, -0.1) is 16.4 Å². The molecule has 0 aromatic carbocycles. The minimum absolute atomic E-state index is 0.615. The Morgan fingerprint density at radius 1 is 1.53 bits per heavy atom. The van der Waals surface area contributed by atoms with E-state index >= 15 is 0 Å². The molecule has 2 rings (SSSR count). The number of rotatable bonds is 3. The Balaban J connectivity index is 2.28. The van der Waals surface area contributed by atoms with Gasteiger partial charge in [0.1, 0.15) is 6.10 Å². The predicted molar refractivity (Wildman–Crippen MR) is 58.8 cm³/mol. The fourth-order valence-electron chi connectivity index (χ4n) is 1.42. The number of nitrogens with zero attached hydrogens (tertiary/aromatic N) is 3. The largest absolute Gasteiger partial charge is 0.381 e. The number of aryl methyl sites for hydroxylation is 2. The van der Waals surface area contributed by atoms with Gasteiger partial charge in [0, 0.05) is 16.8 Å². The second kappa shape index (κ2) is 4.12. The van der Waals surface area contributed by atoms with Crippen LogP contribution >= 0.6 is 11.3 Å². The van der Waals surface area contributed by atoms with Crippen LogP contribution < -0.4 is 0 Å². The summed E-state index contributed by atoms with van der Waals surface area (Å²) in [5.41, 5.74) is 0.722. The van der Waals surface area contributed by atoms with Crippen LogP contribution in [0.15, 0.2) is 18.3 Å². The van der Waals surface area contributed by atoms with E-state index in [1.807, 2.05) is 12.1 Å². The Morgan fingerprint density at radius 3 is 2.87 bits per heavy atom. The zero-order valence-corrected chi connectivity index (χ0v) is 9.53. The molecule has 0 radical (unpaired) electrons. The highest BCUT2D eigenvalue weighted by Gasteiger charge is 2.16. The highest BCUT2D eigenvalue weighted by Crippen LogP contribution is 2.27. The molecule has 80 valence electrons. The molecule has 0 aliphatic heterocycles. The van der Waals surface area contributed by atoms with Crippen LogP contribution in [0.25, 0.3) is 0 Å². The van der Waals surface area contributed by atoms with Crippen molar-refractivity contribution in [2.24, 2.45) is 7.05 Å². The summed E-state index contributed by atoms with van der Waals surface area (Å²) in [7, 11) is 1.78. The Labute approximate surface area is 92.2 Å². The number of hydrogen-bond donors (Lipinski definition) is 1.